The molecule has 0 atom stereocenters. The Kier molecular flexibility index (Phi) is 7.85. The molecule has 0 bridgehead atoms. The van der Waals surface area contributed by atoms with Crippen LogP contribution in [-0.2, 0) is 0 Å². The summed E-state index contributed by atoms with van der Waals surface area (Å²) in [7, 11) is 0. The van der Waals surface area contributed by atoms with Gasteiger partial charge in [-0.05, 0) is 37.2 Å². The maximum absolute atomic E-state index is 3.61. The Bertz CT molecular complexity index is 481. The third kappa shape index (κ3) is 5.81. The summed E-state index contributed by atoms with van der Waals surface area (Å²) in [6.45, 7) is 9.97. The van der Waals surface area contributed by atoms with Crippen molar-refractivity contribution in [1.29, 1.82) is 0 Å². The van der Waals surface area contributed by atoms with Crippen LogP contribution in [0.3, 0.4) is 0 Å². The Morgan fingerprint density at radius 1 is 0.783 bits per heavy atom. The van der Waals surface area contributed by atoms with Crippen molar-refractivity contribution in [1.82, 2.24) is 10.2 Å². The van der Waals surface area contributed by atoms with Crippen LogP contribution in [0.2, 0.25) is 0 Å². The van der Waals surface area contributed by atoms with Gasteiger partial charge in [-0.25, -0.2) is 0 Å². The predicted molar refractivity (Wildman–Crippen MR) is 100 cm³/mol. The van der Waals surface area contributed by atoms with E-state index in [-0.39, 0.29) is 0 Å². The van der Waals surface area contributed by atoms with Crippen LogP contribution in [-0.4, -0.2) is 37.6 Å². The van der Waals surface area contributed by atoms with Crippen LogP contribution < -0.4 is 5.32 Å². The largest absolute Gasteiger partial charge is 0.315 e. The lowest BCUT2D eigenvalue weighted by Gasteiger charge is -2.20. The van der Waals surface area contributed by atoms with Crippen molar-refractivity contribution in [3.8, 4) is 0 Å². The highest BCUT2D eigenvalue weighted by Crippen LogP contribution is 2.27. The second-order valence-electron chi connectivity index (χ2n) is 5.94. The fourth-order valence-corrected chi connectivity index (χ4v) is 3.04. The standard InChI is InChI=1S/C21H30N2/c1-3-23(4-2)18-17-22-16-15-21(19-11-7-5-8-12-19)20-13-9-6-10-14-20/h5-14,21-22H,3-4,15-18H2,1-2H3. The summed E-state index contributed by atoms with van der Waals surface area (Å²) in [5.74, 6) is 0.471. The number of benzene rings is 2. The molecular weight excluding hydrogens is 280 g/mol. The van der Waals surface area contributed by atoms with Gasteiger partial charge in [0.25, 0.3) is 0 Å². The molecule has 23 heavy (non-hydrogen) atoms. The molecule has 0 saturated carbocycles. The minimum absolute atomic E-state index is 0.471. The number of nitrogens with zero attached hydrogens (tertiary/aromatic N) is 1. The lowest BCUT2D eigenvalue weighted by atomic mass is 9.88. The first-order valence-corrected chi connectivity index (χ1v) is 8.88. The molecule has 2 nitrogen and oxygen atoms in total. The van der Waals surface area contributed by atoms with E-state index < -0.39 is 0 Å². The number of hydrogen-bond donors (Lipinski definition) is 1. The normalized spacial score (nSPS) is 11.3. The highest BCUT2D eigenvalue weighted by Gasteiger charge is 2.13. The Hall–Kier alpha value is -1.64. The van der Waals surface area contributed by atoms with Crippen LogP contribution >= 0.6 is 0 Å². The van der Waals surface area contributed by atoms with Crippen molar-refractivity contribution in [2.45, 2.75) is 26.2 Å². The molecule has 2 aromatic carbocycles. The van der Waals surface area contributed by atoms with Gasteiger partial charge in [-0.15, -0.1) is 0 Å². The number of hydrogen-bond acceptors (Lipinski definition) is 2. The first kappa shape index (κ1) is 17.7. The lowest BCUT2D eigenvalue weighted by molar-refractivity contribution is 0.302. The van der Waals surface area contributed by atoms with E-state index in [0.717, 1.165) is 39.1 Å². The van der Waals surface area contributed by atoms with E-state index in [9.17, 15) is 0 Å². The number of likely N-dealkylation sites (N-methyl/N-ethyl adjacent to an activating group) is 1. The summed E-state index contributed by atoms with van der Waals surface area (Å²) in [6, 6.07) is 21.7. The first-order valence-electron chi connectivity index (χ1n) is 8.88. The zero-order chi connectivity index (χ0) is 16.3. The molecule has 0 unspecified atom stereocenters. The van der Waals surface area contributed by atoms with Crippen molar-refractivity contribution in [2.75, 3.05) is 32.7 Å². The van der Waals surface area contributed by atoms with Gasteiger partial charge < -0.3 is 10.2 Å². The smallest absolute Gasteiger partial charge is 0.0107 e. The summed E-state index contributed by atoms with van der Waals surface area (Å²) >= 11 is 0. The Balaban J connectivity index is 1.89. The average molecular weight is 310 g/mol. The third-order valence-corrected chi connectivity index (χ3v) is 4.51. The molecule has 1 N–H and O–H groups in total. The monoisotopic (exact) mass is 310 g/mol. The van der Waals surface area contributed by atoms with Gasteiger partial charge in [-0.2, -0.15) is 0 Å². The molecule has 124 valence electrons. The zero-order valence-corrected chi connectivity index (χ0v) is 14.5. The minimum Gasteiger partial charge on any atom is -0.315 e. The highest BCUT2D eigenvalue weighted by molar-refractivity contribution is 5.32. The van der Waals surface area contributed by atoms with Gasteiger partial charge in [0, 0.05) is 19.0 Å². The van der Waals surface area contributed by atoms with Crippen molar-refractivity contribution in [3.63, 3.8) is 0 Å². The number of rotatable bonds is 10. The maximum Gasteiger partial charge on any atom is 0.0107 e. The Labute approximate surface area is 141 Å². The summed E-state index contributed by atoms with van der Waals surface area (Å²) in [5, 5.41) is 3.61. The molecular formula is C21H30N2. The van der Waals surface area contributed by atoms with E-state index in [1.165, 1.54) is 11.1 Å². The van der Waals surface area contributed by atoms with Crippen LogP contribution in [0.25, 0.3) is 0 Å². The van der Waals surface area contributed by atoms with Crippen molar-refractivity contribution < 1.29 is 0 Å². The zero-order valence-electron chi connectivity index (χ0n) is 14.5. The SMILES string of the molecule is CCN(CC)CCNCCC(c1ccccc1)c1ccccc1. The van der Waals surface area contributed by atoms with Gasteiger partial charge >= 0.3 is 0 Å². The van der Waals surface area contributed by atoms with E-state index in [1.54, 1.807) is 0 Å². The van der Waals surface area contributed by atoms with Crippen molar-refractivity contribution >= 4 is 0 Å². The molecule has 2 rings (SSSR count). The van der Waals surface area contributed by atoms with Gasteiger partial charge in [0.05, 0.1) is 0 Å². The van der Waals surface area contributed by atoms with Crippen molar-refractivity contribution in [2.24, 2.45) is 0 Å². The molecule has 0 aliphatic heterocycles. The second-order valence-corrected chi connectivity index (χ2v) is 5.94. The molecule has 0 spiro atoms. The fourth-order valence-electron chi connectivity index (χ4n) is 3.04. The van der Waals surface area contributed by atoms with Crippen LogP contribution in [0.1, 0.15) is 37.3 Å². The van der Waals surface area contributed by atoms with Crippen LogP contribution in [0.5, 0.6) is 0 Å². The van der Waals surface area contributed by atoms with Gasteiger partial charge in [-0.1, -0.05) is 74.5 Å². The van der Waals surface area contributed by atoms with Crippen LogP contribution in [0.4, 0.5) is 0 Å². The molecule has 2 aromatic rings. The average Bonchev–Trinajstić information content (AvgIpc) is 2.63. The fraction of sp³-hybridized carbons (Fsp3) is 0.429. The van der Waals surface area contributed by atoms with E-state index in [0.29, 0.717) is 5.92 Å². The Morgan fingerprint density at radius 3 is 1.78 bits per heavy atom. The molecule has 2 heteroatoms. The first-order chi connectivity index (χ1) is 11.3. The summed E-state index contributed by atoms with van der Waals surface area (Å²) in [6.07, 6.45) is 1.13. The molecule has 0 fully saturated rings. The second kappa shape index (κ2) is 10.2. The maximum atomic E-state index is 3.61. The quantitative estimate of drug-likeness (QED) is 0.664. The summed E-state index contributed by atoms with van der Waals surface area (Å²) in [4.78, 5) is 2.46. The van der Waals surface area contributed by atoms with E-state index in [2.05, 4.69) is 84.7 Å². The number of nitrogens with one attached hydrogen (secondary N) is 1. The molecule has 0 radical (unpaired) electrons. The summed E-state index contributed by atoms with van der Waals surface area (Å²) in [5.41, 5.74) is 2.81. The highest BCUT2D eigenvalue weighted by atomic mass is 15.1. The molecule has 0 aliphatic carbocycles. The molecule has 0 aliphatic rings. The van der Waals surface area contributed by atoms with Gasteiger partial charge in [0.1, 0.15) is 0 Å². The van der Waals surface area contributed by atoms with Crippen LogP contribution in [0.15, 0.2) is 60.7 Å². The molecule has 0 heterocycles. The topological polar surface area (TPSA) is 15.3 Å². The minimum atomic E-state index is 0.471. The van der Waals surface area contributed by atoms with Gasteiger partial charge in [0.15, 0.2) is 0 Å². The third-order valence-electron chi connectivity index (χ3n) is 4.51. The molecule has 0 amide bonds. The predicted octanol–water partition coefficient (Wildman–Crippen LogP) is 4.14. The van der Waals surface area contributed by atoms with E-state index in [4.69, 9.17) is 0 Å². The van der Waals surface area contributed by atoms with Crippen LogP contribution in [0, 0.1) is 0 Å². The van der Waals surface area contributed by atoms with E-state index in [1.807, 2.05) is 0 Å². The van der Waals surface area contributed by atoms with E-state index >= 15 is 0 Å². The molecule has 0 saturated heterocycles. The summed E-state index contributed by atoms with van der Waals surface area (Å²) < 4.78 is 0. The lowest BCUT2D eigenvalue weighted by Crippen LogP contribution is -2.32. The van der Waals surface area contributed by atoms with Gasteiger partial charge in [0.2, 0.25) is 0 Å². The van der Waals surface area contributed by atoms with Crippen molar-refractivity contribution in [3.05, 3.63) is 71.8 Å². The van der Waals surface area contributed by atoms with Gasteiger partial charge in [-0.3, -0.25) is 0 Å². The molecule has 0 aromatic heterocycles. The Morgan fingerprint density at radius 2 is 1.30 bits per heavy atom.